The molecule has 1 aliphatic heterocycles. The average molecular weight is 196 g/mol. The summed E-state index contributed by atoms with van der Waals surface area (Å²) in [7, 11) is 0. The highest BCUT2D eigenvalue weighted by Gasteiger charge is 2.50. The Labute approximate surface area is 73.3 Å². The first kappa shape index (κ1) is 10.8. The van der Waals surface area contributed by atoms with Crippen LogP contribution in [0.5, 0.6) is 0 Å². The van der Waals surface area contributed by atoms with Crippen LogP contribution in [0.25, 0.3) is 0 Å². The maximum atomic E-state index is 8.68. The van der Waals surface area contributed by atoms with Crippen molar-refractivity contribution in [3.8, 4) is 0 Å². The first-order valence-corrected chi connectivity index (χ1v) is 3.57. The van der Waals surface area contributed by atoms with E-state index in [1.807, 2.05) is 0 Å². The summed E-state index contributed by atoms with van der Waals surface area (Å²) in [5.41, 5.74) is 0. The van der Waals surface area contributed by atoms with Gasteiger partial charge in [0, 0.05) is 19.1 Å². The molecule has 0 atom stereocenters. The minimum atomic E-state index is -3.48. The fourth-order valence-corrected chi connectivity index (χ4v) is 1.15. The van der Waals surface area contributed by atoms with Crippen molar-refractivity contribution in [2.24, 2.45) is 0 Å². The highest BCUT2D eigenvalue weighted by molar-refractivity contribution is 4.86. The molecule has 0 aromatic heterocycles. The summed E-state index contributed by atoms with van der Waals surface area (Å²) < 4.78 is 0. The van der Waals surface area contributed by atoms with Gasteiger partial charge in [-0.25, -0.2) is 0 Å². The summed E-state index contributed by atoms with van der Waals surface area (Å²) in [5, 5.41) is 54.7. The van der Waals surface area contributed by atoms with E-state index in [-0.39, 0.29) is 18.0 Å². The highest BCUT2D eigenvalue weighted by atomic mass is 16.8. The lowest BCUT2D eigenvalue weighted by Gasteiger charge is -2.44. The predicted octanol–water partition coefficient (Wildman–Crippen LogP) is -4.56. The maximum Gasteiger partial charge on any atom is 0.352 e. The Morgan fingerprint density at radius 1 is 0.923 bits per heavy atom. The second kappa shape index (κ2) is 3.12. The lowest BCUT2D eigenvalue weighted by atomic mass is 10.1. The largest absolute Gasteiger partial charge is 0.352 e. The molecule has 0 unspecified atom stereocenters. The molecule has 0 saturated carbocycles. The molecule has 0 aromatic carbocycles. The molecule has 1 rings (SSSR count). The van der Waals surface area contributed by atoms with E-state index in [0.29, 0.717) is 0 Å². The predicted molar refractivity (Wildman–Crippen MR) is 37.3 cm³/mol. The van der Waals surface area contributed by atoms with Crippen LogP contribution in [0.3, 0.4) is 0 Å². The quantitative estimate of drug-likeness (QED) is 0.224. The van der Waals surface area contributed by atoms with Crippen LogP contribution in [-0.4, -0.2) is 66.9 Å². The molecule has 8 heteroatoms. The van der Waals surface area contributed by atoms with Crippen molar-refractivity contribution in [3.05, 3.63) is 0 Å². The third-order valence-corrected chi connectivity index (χ3v) is 1.77. The number of hydrogen-bond donors (Lipinski definition) is 7. The summed E-state index contributed by atoms with van der Waals surface area (Å²) in [4.78, 5) is -0.0451. The lowest BCUT2D eigenvalue weighted by Crippen LogP contribution is -2.72. The van der Waals surface area contributed by atoms with Crippen molar-refractivity contribution in [2.75, 3.05) is 13.1 Å². The number of rotatable bonds is 3. The average Bonchev–Trinajstić information content (AvgIpc) is 1.71. The SMILES string of the molecule is OC(O)(O)N(C1CNC1)C(O)(O)O. The standard InChI is InChI=1S/C5H12N2O6/c8-4(9,10)7(5(11,12)13)3-1-6-2-3/h3,6,8-13H,1-2H2. The summed E-state index contributed by atoms with van der Waals surface area (Å²) in [6, 6.07) is -0.778. The molecule has 0 bridgehead atoms. The Kier molecular flexibility index (Phi) is 2.58. The summed E-state index contributed by atoms with van der Waals surface area (Å²) in [6.45, 7) is 0.375. The van der Waals surface area contributed by atoms with Crippen LogP contribution < -0.4 is 5.32 Å². The Morgan fingerprint density at radius 3 is 1.38 bits per heavy atom. The van der Waals surface area contributed by atoms with Crippen molar-refractivity contribution in [2.45, 2.75) is 18.2 Å². The second-order valence-corrected chi connectivity index (χ2v) is 2.88. The molecule has 0 aliphatic carbocycles. The van der Waals surface area contributed by atoms with Gasteiger partial charge in [-0.1, -0.05) is 0 Å². The van der Waals surface area contributed by atoms with Gasteiger partial charge in [-0.3, -0.25) is 0 Å². The van der Waals surface area contributed by atoms with E-state index in [1.165, 1.54) is 0 Å². The van der Waals surface area contributed by atoms with Crippen molar-refractivity contribution in [1.82, 2.24) is 10.2 Å². The smallest absolute Gasteiger partial charge is 0.330 e. The molecular weight excluding hydrogens is 184 g/mol. The first-order valence-electron chi connectivity index (χ1n) is 3.57. The van der Waals surface area contributed by atoms with Crippen molar-refractivity contribution in [1.29, 1.82) is 0 Å². The van der Waals surface area contributed by atoms with Gasteiger partial charge in [-0.15, -0.1) is 4.90 Å². The summed E-state index contributed by atoms with van der Waals surface area (Å²) in [5.74, 6) is 0. The van der Waals surface area contributed by atoms with Gasteiger partial charge >= 0.3 is 12.2 Å². The van der Waals surface area contributed by atoms with Gasteiger partial charge in [-0.05, 0) is 0 Å². The molecule has 0 amide bonds. The second-order valence-electron chi connectivity index (χ2n) is 2.88. The summed E-state index contributed by atoms with van der Waals surface area (Å²) in [6.07, 6.45) is -6.96. The van der Waals surface area contributed by atoms with Gasteiger partial charge in [0.2, 0.25) is 0 Å². The van der Waals surface area contributed by atoms with E-state index in [9.17, 15) is 0 Å². The van der Waals surface area contributed by atoms with E-state index >= 15 is 0 Å². The van der Waals surface area contributed by atoms with Crippen LogP contribution in [0.1, 0.15) is 0 Å². The molecule has 8 nitrogen and oxygen atoms in total. The number of hydrogen-bond acceptors (Lipinski definition) is 8. The van der Waals surface area contributed by atoms with Crippen LogP contribution in [0, 0.1) is 0 Å². The van der Waals surface area contributed by atoms with E-state index < -0.39 is 18.2 Å². The van der Waals surface area contributed by atoms with Gasteiger partial charge in [0.25, 0.3) is 0 Å². The Morgan fingerprint density at radius 2 is 1.31 bits per heavy atom. The maximum absolute atomic E-state index is 8.68. The van der Waals surface area contributed by atoms with Crippen molar-refractivity contribution in [3.63, 3.8) is 0 Å². The topological polar surface area (TPSA) is 137 Å². The fraction of sp³-hybridized carbons (Fsp3) is 1.00. The van der Waals surface area contributed by atoms with E-state index in [2.05, 4.69) is 5.32 Å². The third-order valence-electron chi connectivity index (χ3n) is 1.77. The molecule has 7 N–H and O–H groups in total. The molecule has 0 radical (unpaired) electrons. The van der Waals surface area contributed by atoms with Crippen molar-refractivity contribution < 1.29 is 30.6 Å². The molecule has 13 heavy (non-hydrogen) atoms. The van der Waals surface area contributed by atoms with Crippen LogP contribution >= 0.6 is 0 Å². The van der Waals surface area contributed by atoms with Gasteiger partial charge in [0.15, 0.2) is 0 Å². The zero-order valence-corrected chi connectivity index (χ0v) is 6.62. The molecule has 1 fully saturated rings. The normalized spacial score (nSPS) is 20.5. The Balaban J connectivity index is 2.76. The summed E-state index contributed by atoms with van der Waals surface area (Å²) >= 11 is 0. The van der Waals surface area contributed by atoms with Crippen LogP contribution in [0.4, 0.5) is 0 Å². The third kappa shape index (κ3) is 2.33. The van der Waals surface area contributed by atoms with Crippen LogP contribution in [0.2, 0.25) is 0 Å². The molecule has 0 spiro atoms. The van der Waals surface area contributed by atoms with E-state index in [1.54, 1.807) is 0 Å². The Hall–Kier alpha value is -0.320. The number of nitrogens with one attached hydrogen (secondary N) is 1. The molecule has 78 valence electrons. The first-order chi connectivity index (χ1) is 5.73. The monoisotopic (exact) mass is 196 g/mol. The fourth-order valence-electron chi connectivity index (χ4n) is 1.15. The van der Waals surface area contributed by atoms with Gasteiger partial charge in [0.1, 0.15) is 0 Å². The minimum Gasteiger partial charge on any atom is -0.330 e. The lowest BCUT2D eigenvalue weighted by molar-refractivity contribution is -0.519. The van der Waals surface area contributed by atoms with Crippen molar-refractivity contribution >= 4 is 0 Å². The zero-order chi connectivity index (χ0) is 10.3. The minimum absolute atomic E-state index is 0.0451. The zero-order valence-electron chi connectivity index (χ0n) is 6.62. The van der Waals surface area contributed by atoms with Crippen LogP contribution in [-0.2, 0) is 0 Å². The number of aliphatic hydroxyl groups is 6. The van der Waals surface area contributed by atoms with Gasteiger partial charge in [0.05, 0.1) is 0 Å². The van der Waals surface area contributed by atoms with Gasteiger partial charge in [-0.2, -0.15) is 0 Å². The van der Waals surface area contributed by atoms with E-state index in [4.69, 9.17) is 30.6 Å². The molecule has 1 heterocycles. The Bertz CT molecular complexity index is 166. The molecule has 1 aliphatic rings. The van der Waals surface area contributed by atoms with E-state index in [0.717, 1.165) is 0 Å². The molecular formula is C5H12N2O6. The highest BCUT2D eigenvalue weighted by Crippen LogP contribution is 2.20. The molecule has 0 aromatic rings. The van der Waals surface area contributed by atoms with Gasteiger partial charge < -0.3 is 36.0 Å². The van der Waals surface area contributed by atoms with Crippen LogP contribution in [0.15, 0.2) is 0 Å². The molecule has 1 saturated heterocycles. The number of nitrogens with zero attached hydrogens (tertiary/aromatic N) is 1.